The average molecular weight is 393 g/mol. The van der Waals surface area contributed by atoms with Crippen LogP contribution >= 0.6 is 0 Å². The molecule has 5 heteroatoms. The smallest absolute Gasteiger partial charge is 0.255 e. The van der Waals surface area contributed by atoms with E-state index in [1.54, 1.807) is 6.20 Å². The third kappa shape index (κ3) is 7.37. The lowest BCUT2D eigenvalue weighted by Gasteiger charge is -2.12. The first-order valence-electron chi connectivity index (χ1n) is 10.1. The first kappa shape index (κ1) is 23.8. The maximum absolute atomic E-state index is 12.4. The van der Waals surface area contributed by atoms with Crippen LogP contribution in [0.3, 0.4) is 0 Å². The van der Waals surface area contributed by atoms with E-state index in [1.165, 1.54) is 0 Å². The number of anilines is 3. The van der Waals surface area contributed by atoms with Gasteiger partial charge in [-0.1, -0.05) is 51.5 Å². The number of carbonyl (C=O) groups is 1. The molecule has 3 rings (SSSR count). The van der Waals surface area contributed by atoms with Gasteiger partial charge in [0.1, 0.15) is 0 Å². The fourth-order valence-corrected chi connectivity index (χ4v) is 2.37. The lowest BCUT2D eigenvalue weighted by Crippen LogP contribution is -2.12. The second-order valence-corrected chi connectivity index (χ2v) is 6.00. The molecule has 29 heavy (non-hydrogen) atoms. The minimum absolute atomic E-state index is 0.137. The Morgan fingerprint density at radius 3 is 2.14 bits per heavy atom. The van der Waals surface area contributed by atoms with E-state index in [4.69, 9.17) is 0 Å². The topological polar surface area (TPSA) is 66.9 Å². The van der Waals surface area contributed by atoms with E-state index in [-0.39, 0.29) is 5.91 Å². The van der Waals surface area contributed by atoms with Crippen LogP contribution in [0.5, 0.6) is 0 Å². The Bertz CT molecular complexity index is 905. The Labute approximate surface area is 174 Å². The number of amides is 1. The number of hydrogen-bond donors (Lipinski definition) is 2. The maximum Gasteiger partial charge on any atom is 0.255 e. The SMILES string of the molecule is CC.CC.Cc1ccc(C(=O)Nc2ccc(C)c(Nc3nccc(C)n3)c2)cc1. The fraction of sp³-hybridized carbons (Fsp3) is 0.292. The van der Waals surface area contributed by atoms with E-state index >= 15 is 0 Å². The van der Waals surface area contributed by atoms with Gasteiger partial charge in [0.05, 0.1) is 0 Å². The second kappa shape index (κ2) is 12.3. The van der Waals surface area contributed by atoms with E-state index in [9.17, 15) is 4.79 Å². The van der Waals surface area contributed by atoms with Crippen molar-refractivity contribution in [3.8, 4) is 0 Å². The lowest BCUT2D eigenvalue weighted by molar-refractivity contribution is 0.102. The van der Waals surface area contributed by atoms with Gasteiger partial charge in [-0.25, -0.2) is 9.97 Å². The summed E-state index contributed by atoms with van der Waals surface area (Å²) in [5.41, 5.74) is 5.25. The van der Waals surface area contributed by atoms with Gasteiger partial charge in [-0.15, -0.1) is 0 Å². The first-order valence-corrected chi connectivity index (χ1v) is 10.1. The fourth-order valence-electron chi connectivity index (χ4n) is 2.37. The minimum atomic E-state index is -0.137. The van der Waals surface area contributed by atoms with Crippen molar-refractivity contribution in [2.75, 3.05) is 10.6 Å². The molecule has 0 aliphatic rings. The number of nitrogens with zero attached hydrogens (tertiary/aromatic N) is 2. The van der Waals surface area contributed by atoms with Crippen molar-refractivity contribution in [2.45, 2.75) is 48.5 Å². The van der Waals surface area contributed by atoms with Crippen LogP contribution in [0.4, 0.5) is 17.3 Å². The quantitative estimate of drug-likeness (QED) is 0.535. The summed E-state index contributed by atoms with van der Waals surface area (Å²) in [5.74, 6) is 0.395. The summed E-state index contributed by atoms with van der Waals surface area (Å²) in [6.45, 7) is 13.9. The number of carbonyl (C=O) groups excluding carboxylic acids is 1. The van der Waals surface area contributed by atoms with Crippen LogP contribution in [-0.2, 0) is 0 Å². The number of hydrogen-bond acceptors (Lipinski definition) is 4. The summed E-state index contributed by atoms with van der Waals surface area (Å²) >= 11 is 0. The summed E-state index contributed by atoms with van der Waals surface area (Å²) in [6.07, 6.45) is 1.71. The molecule has 0 saturated heterocycles. The molecule has 0 spiro atoms. The molecule has 0 unspecified atom stereocenters. The average Bonchev–Trinajstić information content (AvgIpc) is 2.74. The standard InChI is InChI=1S/C20H20N4O.2C2H6/c1-13-4-7-16(8-5-13)19(25)23-17-9-6-14(2)18(12-17)24-20-21-11-10-15(3)22-20;2*1-2/h4-12H,1-3H3,(H,23,25)(H,21,22,24);2*1-2H3. The molecule has 2 aromatic carbocycles. The van der Waals surface area contributed by atoms with Crippen molar-refractivity contribution in [3.05, 3.63) is 77.1 Å². The highest BCUT2D eigenvalue weighted by atomic mass is 16.1. The van der Waals surface area contributed by atoms with E-state index in [1.807, 2.05) is 97.0 Å². The van der Waals surface area contributed by atoms with Crippen LogP contribution in [0.15, 0.2) is 54.7 Å². The predicted molar refractivity (Wildman–Crippen MR) is 123 cm³/mol. The van der Waals surface area contributed by atoms with Crippen molar-refractivity contribution in [1.29, 1.82) is 0 Å². The Balaban J connectivity index is 0.000000989. The molecule has 1 aromatic heterocycles. The maximum atomic E-state index is 12.4. The monoisotopic (exact) mass is 392 g/mol. The van der Waals surface area contributed by atoms with Crippen molar-refractivity contribution in [1.82, 2.24) is 9.97 Å². The summed E-state index contributed by atoms with van der Waals surface area (Å²) in [6, 6.07) is 15.0. The predicted octanol–water partition coefficient (Wildman–Crippen LogP) is 6.45. The van der Waals surface area contributed by atoms with Crippen molar-refractivity contribution in [2.24, 2.45) is 0 Å². The Kier molecular flexibility index (Phi) is 10.1. The molecule has 0 radical (unpaired) electrons. The summed E-state index contributed by atoms with van der Waals surface area (Å²) in [7, 11) is 0. The van der Waals surface area contributed by atoms with Crippen LogP contribution in [0.25, 0.3) is 0 Å². The van der Waals surface area contributed by atoms with Crippen molar-refractivity contribution in [3.63, 3.8) is 0 Å². The number of rotatable bonds is 4. The second-order valence-electron chi connectivity index (χ2n) is 6.00. The van der Waals surface area contributed by atoms with Gasteiger partial charge in [0, 0.05) is 28.8 Å². The third-order valence-electron chi connectivity index (χ3n) is 3.85. The molecule has 0 aliphatic carbocycles. The molecule has 0 atom stereocenters. The zero-order valence-electron chi connectivity index (χ0n) is 18.5. The molecule has 2 N–H and O–H groups in total. The van der Waals surface area contributed by atoms with Gasteiger partial charge in [0.25, 0.3) is 5.91 Å². The van der Waals surface area contributed by atoms with Gasteiger partial charge in [-0.2, -0.15) is 0 Å². The highest BCUT2D eigenvalue weighted by molar-refractivity contribution is 6.04. The molecule has 1 heterocycles. The van der Waals surface area contributed by atoms with E-state index in [2.05, 4.69) is 20.6 Å². The number of nitrogens with one attached hydrogen (secondary N) is 2. The number of aryl methyl sites for hydroxylation is 3. The molecule has 1 amide bonds. The summed E-state index contributed by atoms with van der Waals surface area (Å²) < 4.78 is 0. The van der Waals surface area contributed by atoms with E-state index in [0.717, 1.165) is 22.5 Å². The Morgan fingerprint density at radius 1 is 0.862 bits per heavy atom. The molecule has 0 bridgehead atoms. The third-order valence-corrected chi connectivity index (χ3v) is 3.85. The highest BCUT2D eigenvalue weighted by Crippen LogP contribution is 2.23. The Morgan fingerprint density at radius 2 is 1.52 bits per heavy atom. The van der Waals surface area contributed by atoms with Gasteiger partial charge in [-0.3, -0.25) is 4.79 Å². The van der Waals surface area contributed by atoms with Crippen LogP contribution in [0, 0.1) is 20.8 Å². The van der Waals surface area contributed by atoms with Gasteiger partial charge in [0.15, 0.2) is 0 Å². The van der Waals surface area contributed by atoms with E-state index < -0.39 is 0 Å². The molecule has 0 saturated carbocycles. The van der Waals surface area contributed by atoms with Crippen LogP contribution < -0.4 is 10.6 Å². The van der Waals surface area contributed by atoms with Crippen LogP contribution in [0.2, 0.25) is 0 Å². The molecule has 0 fully saturated rings. The molecule has 5 nitrogen and oxygen atoms in total. The lowest BCUT2D eigenvalue weighted by atomic mass is 10.1. The molecular weight excluding hydrogens is 360 g/mol. The van der Waals surface area contributed by atoms with Gasteiger partial charge in [-0.05, 0) is 56.7 Å². The molecular formula is C24H32N4O. The van der Waals surface area contributed by atoms with Gasteiger partial charge in [0.2, 0.25) is 5.95 Å². The Hall–Kier alpha value is -3.21. The number of aromatic nitrogens is 2. The van der Waals surface area contributed by atoms with Crippen molar-refractivity contribution < 1.29 is 4.79 Å². The normalized spacial score (nSPS) is 9.34. The van der Waals surface area contributed by atoms with Crippen molar-refractivity contribution >= 4 is 23.2 Å². The summed E-state index contributed by atoms with van der Waals surface area (Å²) in [4.78, 5) is 20.9. The van der Waals surface area contributed by atoms with Gasteiger partial charge >= 0.3 is 0 Å². The molecule has 0 aliphatic heterocycles. The first-order chi connectivity index (χ1) is 14.0. The van der Waals surface area contributed by atoms with Gasteiger partial charge < -0.3 is 10.6 Å². The molecule has 154 valence electrons. The van der Waals surface area contributed by atoms with Crippen LogP contribution in [0.1, 0.15) is 54.9 Å². The highest BCUT2D eigenvalue weighted by Gasteiger charge is 2.08. The summed E-state index contributed by atoms with van der Waals surface area (Å²) in [5, 5.41) is 6.12. The number of benzene rings is 2. The minimum Gasteiger partial charge on any atom is -0.324 e. The largest absolute Gasteiger partial charge is 0.324 e. The molecule has 3 aromatic rings. The zero-order valence-corrected chi connectivity index (χ0v) is 18.5. The zero-order chi connectivity index (χ0) is 21.8. The van der Waals surface area contributed by atoms with Crippen LogP contribution in [-0.4, -0.2) is 15.9 Å². The van der Waals surface area contributed by atoms with E-state index in [0.29, 0.717) is 17.2 Å².